The fourth-order valence-electron chi connectivity index (χ4n) is 2.90. The second kappa shape index (κ2) is 9.68. The summed E-state index contributed by atoms with van der Waals surface area (Å²) in [5.74, 6) is -0.262. The van der Waals surface area contributed by atoms with E-state index in [2.05, 4.69) is 10.3 Å². The van der Waals surface area contributed by atoms with Crippen molar-refractivity contribution in [2.75, 3.05) is 6.54 Å². The molecule has 0 bridgehead atoms. The van der Waals surface area contributed by atoms with Crippen molar-refractivity contribution in [3.05, 3.63) is 35.5 Å². The predicted octanol–water partition coefficient (Wildman–Crippen LogP) is 3.82. The van der Waals surface area contributed by atoms with Crippen LogP contribution in [0.15, 0.2) is 24.4 Å². The van der Waals surface area contributed by atoms with Crippen molar-refractivity contribution < 1.29 is 14.3 Å². The Bertz CT molecular complexity index is 852. The number of hydrogen-bond acceptors (Lipinski definition) is 4. The largest absolute Gasteiger partial charge is 0.460 e. The van der Waals surface area contributed by atoms with E-state index >= 15 is 0 Å². The number of amides is 1. The van der Waals surface area contributed by atoms with Crippen molar-refractivity contribution >= 4 is 40.0 Å². The smallest absolute Gasteiger partial charge is 0.306 e. The van der Waals surface area contributed by atoms with E-state index in [1.165, 1.54) is 0 Å². The molecule has 1 aromatic heterocycles. The van der Waals surface area contributed by atoms with Gasteiger partial charge in [0.25, 0.3) is 5.91 Å². The van der Waals surface area contributed by atoms with Gasteiger partial charge in [0.15, 0.2) is 0 Å². The molecule has 1 heterocycles. The monoisotopic (exact) mass is 403 g/mol. The zero-order valence-corrected chi connectivity index (χ0v) is 17.6. The number of nitrogens with two attached hydrogens (primary N) is 1. The molecule has 0 atom stereocenters. The highest BCUT2D eigenvalue weighted by molar-refractivity contribution is 7.80. The van der Waals surface area contributed by atoms with Gasteiger partial charge in [0.05, 0.1) is 5.56 Å². The standard InChI is InChI=1S/C21H29N3O3S/c1-21(2,3)27-18(25)8-6-4-5-7-11-23-20(26)16-13-24-17-12-14(19(22)28)9-10-15(16)17/h9-10,12-13,24H,4-8,11H2,1-3H3,(H2,22,28)(H,23,26). The minimum absolute atomic E-state index is 0.108. The third-order valence-electron chi connectivity index (χ3n) is 4.22. The summed E-state index contributed by atoms with van der Waals surface area (Å²) in [6.07, 6.45) is 5.69. The van der Waals surface area contributed by atoms with Gasteiger partial charge in [0.2, 0.25) is 0 Å². The summed E-state index contributed by atoms with van der Waals surface area (Å²) >= 11 is 4.98. The number of aromatic amines is 1. The van der Waals surface area contributed by atoms with E-state index in [-0.39, 0.29) is 11.9 Å². The van der Waals surface area contributed by atoms with Gasteiger partial charge in [-0.2, -0.15) is 0 Å². The predicted molar refractivity (Wildman–Crippen MR) is 115 cm³/mol. The number of fused-ring (bicyclic) bond motifs is 1. The fourth-order valence-corrected chi connectivity index (χ4v) is 3.03. The molecule has 0 unspecified atom stereocenters. The highest BCUT2D eigenvalue weighted by atomic mass is 32.1. The van der Waals surface area contributed by atoms with Crippen molar-refractivity contribution in [2.45, 2.75) is 58.5 Å². The number of esters is 1. The molecule has 0 aliphatic rings. The van der Waals surface area contributed by atoms with Crippen LogP contribution in [0.25, 0.3) is 10.9 Å². The third kappa shape index (κ3) is 6.64. The number of rotatable bonds is 9. The number of carbonyl (C=O) groups excluding carboxylic acids is 2. The minimum atomic E-state index is -0.429. The van der Waals surface area contributed by atoms with Crippen LogP contribution in [-0.2, 0) is 9.53 Å². The summed E-state index contributed by atoms with van der Waals surface area (Å²) < 4.78 is 5.28. The lowest BCUT2D eigenvalue weighted by atomic mass is 10.1. The average molecular weight is 404 g/mol. The molecule has 0 spiro atoms. The number of carbonyl (C=O) groups is 2. The van der Waals surface area contributed by atoms with Gasteiger partial charge in [-0.05, 0) is 39.7 Å². The zero-order valence-electron chi connectivity index (χ0n) is 16.8. The molecule has 0 aliphatic carbocycles. The molecule has 0 saturated carbocycles. The van der Waals surface area contributed by atoms with E-state index in [0.717, 1.165) is 42.1 Å². The van der Waals surface area contributed by atoms with Gasteiger partial charge in [-0.3, -0.25) is 9.59 Å². The number of aromatic nitrogens is 1. The summed E-state index contributed by atoms with van der Waals surface area (Å²) in [7, 11) is 0. The van der Waals surface area contributed by atoms with Crippen LogP contribution in [0.3, 0.4) is 0 Å². The molecule has 1 amide bonds. The summed E-state index contributed by atoms with van der Waals surface area (Å²) in [6.45, 7) is 6.21. The maximum Gasteiger partial charge on any atom is 0.306 e. The maximum atomic E-state index is 12.4. The lowest BCUT2D eigenvalue weighted by Gasteiger charge is -2.19. The zero-order chi connectivity index (χ0) is 20.7. The first-order valence-electron chi connectivity index (χ1n) is 9.58. The van der Waals surface area contributed by atoms with Crippen LogP contribution in [0.5, 0.6) is 0 Å². The van der Waals surface area contributed by atoms with E-state index in [1.807, 2.05) is 39.0 Å². The summed E-state index contributed by atoms with van der Waals surface area (Å²) in [6, 6.07) is 5.52. The Labute approximate surface area is 171 Å². The van der Waals surface area contributed by atoms with Gasteiger partial charge in [0, 0.05) is 35.6 Å². The highest BCUT2D eigenvalue weighted by Gasteiger charge is 2.15. The molecular weight excluding hydrogens is 374 g/mol. The first kappa shape index (κ1) is 21.9. The van der Waals surface area contributed by atoms with Gasteiger partial charge in [-0.15, -0.1) is 0 Å². The number of unbranched alkanes of at least 4 members (excludes halogenated alkanes) is 3. The van der Waals surface area contributed by atoms with Crippen LogP contribution in [0.1, 0.15) is 68.8 Å². The van der Waals surface area contributed by atoms with Crippen LogP contribution in [0, 0.1) is 0 Å². The molecule has 0 radical (unpaired) electrons. The highest BCUT2D eigenvalue weighted by Crippen LogP contribution is 2.20. The maximum absolute atomic E-state index is 12.4. The first-order valence-corrected chi connectivity index (χ1v) is 9.99. The number of ether oxygens (including phenoxy) is 1. The second-order valence-corrected chi connectivity index (χ2v) is 8.27. The van der Waals surface area contributed by atoms with E-state index < -0.39 is 5.60 Å². The molecule has 152 valence electrons. The Morgan fingerprint density at radius 1 is 1.18 bits per heavy atom. The number of hydrogen-bond donors (Lipinski definition) is 3. The Morgan fingerprint density at radius 2 is 1.89 bits per heavy atom. The molecular formula is C21H29N3O3S. The molecule has 2 aromatic rings. The Kier molecular flexibility index (Phi) is 7.57. The van der Waals surface area contributed by atoms with E-state index in [4.69, 9.17) is 22.7 Å². The summed E-state index contributed by atoms with van der Waals surface area (Å²) in [5, 5.41) is 3.79. The molecule has 4 N–H and O–H groups in total. The summed E-state index contributed by atoms with van der Waals surface area (Å²) in [5.41, 5.74) is 7.42. The number of benzene rings is 1. The van der Waals surface area contributed by atoms with Crippen molar-refractivity contribution in [2.24, 2.45) is 5.73 Å². The van der Waals surface area contributed by atoms with Crippen molar-refractivity contribution in [1.82, 2.24) is 10.3 Å². The van der Waals surface area contributed by atoms with Crippen molar-refractivity contribution in [3.8, 4) is 0 Å². The van der Waals surface area contributed by atoms with E-state index in [9.17, 15) is 9.59 Å². The van der Waals surface area contributed by atoms with Gasteiger partial charge in [0.1, 0.15) is 10.6 Å². The van der Waals surface area contributed by atoms with Crippen LogP contribution in [0.2, 0.25) is 0 Å². The van der Waals surface area contributed by atoms with Gasteiger partial charge in [-0.25, -0.2) is 0 Å². The van der Waals surface area contributed by atoms with Gasteiger partial charge in [-0.1, -0.05) is 37.2 Å². The topological polar surface area (TPSA) is 97.2 Å². The number of thiocarbonyl (C=S) groups is 1. The fraction of sp³-hybridized carbons (Fsp3) is 0.476. The lowest BCUT2D eigenvalue weighted by molar-refractivity contribution is -0.154. The molecule has 2 rings (SSSR count). The van der Waals surface area contributed by atoms with Crippen molar-refractivity contribution in [1.29, 1.82) is 0 Å². The average Bonchev–Trinajstić information content (AvgIpc) is 3.02. The first-order chi connectivity index (χ1) is 13.2. The normalized spacial score (nSPS) is 11.4. The number of nitrogens with one attached hydrogen (secondary N) is 2. The third-order valence-corrected chi connectivity index (χ3v) is 4.46. The van der Waals surface area contributed by atoms with Gasteiger partial charge >= 0.3 is 5.97 Å². The van der Waals surface area contributed by atoms with Crippen LogP contribution in [-0.4, -0.2) is 34.0 Å². The Morgan fingerprint density at radius 3 is 2.57 bits per heavy atom. The van der Waals surface area contributed by atoms with Crippen LogP contribution < -0.4 is 11.1 Å². The lowest BCUT2D eigenvalue weighted by Crippen LogP contribution is -2.24. The molecule has 28 heavy (non-hydrogen) atoms. The Balaban J connectivity index is 1.70. The van der Waals surface area contributed by atoms with Crippen LogP contribution >= 0.6 is 12.2 Å². The number of H-pyrrole nitrogens is 1. The minimum Gasteiger partial charge on any atom is -0.460 e. The van der Waals surface area contributed by atoms with E-state index in [1.54, 1.807) is 6.20 Å². The molecule has 0 saturated heterocycles. The van der Waals surface area contributed by atoms with E-state index in [0.29, 0.717) is 23.5 Å². The second-order valence-electron chi connectivity index (χ2n) is 7.83. The summed E-state index contributed by atoms with van der Waals surface area (Å²) in [4.78, 5) is 27.5. The molecule has 0 aliphatic heterocycles. The molecule has 7 heteroatoms. The molecule has 6 nitrogen and oxygen atoms in total. The van der Waals surface area contributed by atoms with Crippen molar-refractivity contribution in [3.63, 3.8) is 0 Å². The quantitative estimate of drug-likeness (QED) is 0.336. The molecule has 1 aromatic carbocycles. The molecule has 0 fully saturated rings. The SMILES string of the molecule is CC(C)(C)OC(=O)CCCCCCNC(=O)c1c[nH]c2cc(C(N)=S)ccc12. The van der Waals surface area contributed by atoms with Gasteiger partial charge < -0.3 is 20.8 Å². The van der Waals surface area contributed by atoms with Crippen LogP contribution in [0.4, 0.5) is 0 Å². The Hall–Kier alpha value is -2.41.